The first-order valence-electron chi connectivity index (χ1n) is 8.96. The Kier molecular flexibility index (Phi) is 6.98. The maximum Gasteiger partial charge on any atom is 0.232 e. The Labute approximate surface area is 150 Å². The van der Waals surface area contributed by atoms with E-state index in [1.54, 1.807) is 7.11 Å². The van der Waals surface area contributed by atoms with Crippen LogP contribution in [0.5, 0.6) is 5.75 Å². The maximum atomic E-state index is 5.30. The van der Waals surface area contributed by atoms with Crippen LogP contribution in [0, 0.1) is 13.8 Å². The highest BCUT2D eigenvalue weighted by atomic mass is 16.5. The quantitative estimate of drug-likeness (QED) is 0.692. The number of rotatable bonds is 9. The van der Waals surface area contributed by atoms with Gasteiger partial charge in [-0.15, -0.1) is 0 Å². The molecule has 0 saturated heterocycles. The van der Waals surface area contributed by atoms with E-state index < -0.39 is 0 Å². The molecule has 0 bridgehead atoms. The molecule has 0 atom stereocenters. The van der Waals surface area contributed by atoms with Gasteiger partial charge in [-0.05, 0) is 50.5 Å². The minimum Gasteiger partial charge on any atom is -0.496 e. The van der Waals surface area contributed by atoms with Gasteiger partial charge in [0, 0.05) is 11.7 Å². The number of hydrogen-bond donors (Lipinski definition) is 2. The SMILES string of the molecule is CCCC(CCC)Nc1nc(C)nc(Nc2ccc(OC)c(C)c2)n1. The Hall–Kier alpha value is -2.37. The van der Waals surface area contributed by atoms with Crippen molar-refractivity contribution in [3.63, 3.8) is 0 Å². The minimum absolute atomic E-state index is 0.396. The second kappa shape index (κ2) is 9.20. The molecular weight excluding hydrogens is 314 g/mol. The molecule has 0 aliphatic rings. The molecule has 0 unspecified atom stereocenters. The van der Waals surface area contributed by atoms with Gasteiger partial charge >= 0.3 is 0 Å². The van der Waals surface area contributed by atoms with Crippen LogP contribution in [0.15, 0.2) is 18.2 Å². The predicted octanol–water partition coefficient (Wildman–Crippen LogP) is 4.62. The lowest BCUT2D eigenvalue weighted by Gasteiger charge is -2.18. The van der Waals surface area contributed by atoms with Gasteiger partial charge in [-0.2, -0.15) is 15.0 Å². The fourth-order valence-electron chi connectivity index (χ4n) is 2.86. The summed E-state index contributed by atoms with van der Waals surface area (Å²) in [7, 11) is 1.67. The molecule has 2 N–H and O–H groups in total. The number of ether oxygens (including phenoxy) is 1. The smallest absolute Gasteiger partial charge is 0.232 e. The number of nitrogens with zero attached hydrogens (tertiary/aromatic N) is 3. The van der Waals surface area contributed by atoms with Gasteiger partial charge in [0.25, 0.3) is 0 Å². The summed E-state index contributed by atoms with van der Waals surface area (Å²) in [4.78, 5) is 13.4. The van der Waals surface area contributed by atoms with Gasteiger partial charge in [-0.25, -0.2) is 0 Å². The van der Waals surface area contributed by atoms with Gasteiger partial charge in [0.05, 0.1) is 7.11 Å². The van der Waals surface area contributed by atoms with Crippen LogP contribution in [0.1, 0.15) is 50.9 Å². The molecule has 0 saturated carbocycles. The predicted molar refractivity (Wildman–Crippen MR) is 103 cm³/mol. The summed E-state index contributed by atoms with van der Waals surface area (Å²) in [5.74, 6) is 2.73. The molecular formula is C19H29N5O. The average molecular weight is 343 g/mol. The van der Waals surface area contributed by atoms with E-state index in [0.29, 0.717) is 23.8 Å². The summed E-state index contributed by atoms with van der Waals surface area (Å²) in [5.41, 5.74) is 1.98. The molecule has 6 nitrogen and oxygen atoms in total. The Morgan fingerprint density at radius 2 is 1.68 bits per heavy atom. The molecule has 0 radical (unpaired) electrons. The van der Waals surface area contributed by atoms with Crippen LogP contribution in [0.2, 0.25) is 0 Å². The summed E-state index contributed by atoms with van der Waals surface area (Å²) in [6.45, 7) is 8.28. The van der Waals surface area contributed by atoms with E-state index in [4.69, 9.17) is 4.74 Å². The highest BCUT2D eigenvalue weighted by Gasteiger charge is 2.11. The molecule has 0 amide bonds. The van der Waals surface area contributed by atoms with Crippen LogP contribution >= 0.6 is 0 Å². The number of hydrogen-bond acceptors (Lipinski definition) is 6. The van der Waals surface area contributed by atoms with Gasteiger partial charge in [0.2, 0.25) is 11.9 Å². The van der Waals surface area contributed by atoms with Crippen molar-refractivity contribution in [3.05, 3.63) is 29.6 Å². The van der Waals surface area contributed by atoms with E-state index in [-0.39, 0.29) is 0 Å². The molecule has 6 heteroatoms. The zero-order valence-corrected chi connectivity index (χ0v) is 15.9. The molecule has 0 spiro atoms. The molecule has 1 aromatic carbocycles. The van der Waals surface area contributed by atoms with Gasteiger partial charge in [0.1, 0.15) is 11.6 Å². The molecule has 25 heavy (non-hydrogen) atoms. The van der Waals surface area contributed by atoms with E-state index >= 15 is 0 Å². The van der Waals surface area contributed by atoms with Gasteiger partial charge in [0.15, 0.2) is 0 Å². The molecule has 1 heterocycles. The Balaban J connectivity index is 2.16. The normalized spacial score (nSPS) is 10.8. The number of methoxy groups -OCH3 is 1. The number of nitrogens with one attached hydrogen (secondary N) is 2. The van der Waals surface area contributed by atoms with E-state index in [9.17, 15) is 0 Å². The van der Waals surface area contributed by atoms with Crippen LogP contribution in [-0.2, 0) is 0 Å². The number of aryl methyl sites for hydroxylation is 2. The van der Waals surface area contributed by atoms with E-state index in [1.165, 1.54) is 0 Å². The molecule has 0 fully saturated rings. The summed E-state index contributed by atoms with van der Waals surface area (Å²) in [6, 6.07) is 6.30. The Morgan fingerprint density at radius 3 is 2.28 bits per heavy atom. The van der Waals surface area contributed by atoms with Crippen LogP contribution in [0.3, 0.4) is 0 Å². The van der Waals surface area contributed by atoms with Gasteiger partial charge in [-0.3, -0.25) is 0 Å². The summed E-state index contributed by atoms with van der Waals surface area (Å²) in [5, 5.41) is 6.71. The maximum absolute atomic E-state index is 5.30. The van der Waals surface area contributed by atoms with Crippen molar-refractivity contribution in [2.75, 3.05) is 17.7 Å². The molecule has 1 aromatic heterocycles. The molecule has 2 rings (SSSR count). The van der Waals surface area contributed by atoms with E-state index in [1.807, 2.05) is 32.0 Å². The van der Waals surface area contributed by atoms with Crippen molar-refractivity contribution in [3.8, 4) is 5.75 Å². The lowest BCUT2D eigenvalue weighted by atomic mass is 10.1. The zero-order chi connectivity index (χ0) is 18.2. The van der Waals surface area contributed by atoms with Crippen molar-refractivity contribution in [1.29, 1.82) is 0 Å². The van der Waals surface area contributed by atoms with Gasteiger partial charge < -0.3 is 15.4 Å². The number of benzene rings is 1. The highest BCUT2D eigenvalue weighted by Crippen LogP contribution is 2.23. The summed E-state index contributed by atoms with van der Waals surface area (Å²) >= 11 is 0. The van der Waals surface area contributed by atoms with Crippen molar-refractivity contribution >= 4 is 17.6 Å². The fourth-order valence-corrected chi connectivity index (χ4v) is 2.86. The standard InChI is InChI=1S/C19H29N5O/c1-6-8-15(9-7-2)22-18-20-14(4)21-19(24-18)23-16-10-11-17(25-5)13(3)12-16/h10-12,15H,6-9H2,1-5H3,(H2,20,21,22,23,24). The second-order valence-corrected chi connectivity index (χ2v) is 6.26. The zero-order valence-electron chi connectivity index (χ0n) is 15.9. The van der Waals surface area contributed by atoms with Crippen molar-refractivity contribution in [1.82, 2.24) is 15.0 Å². The minimum atomic E-state index is 0.396. The van der Waals surface area contributed by atoms with Gasteiger partial charge in [-0.1, -0.05) is 26.7 Å². The third-order valence-corrected chi connectivity index (χ3v) is 4.01. The molecule has 0 aliphatic heterocycles. The van der Waals surface area contributed by atoms with E-state index in [2.05, 4.69) is 39.4 Å². The monoisotopic (exact) mass is 343 g/mol. The largest absolute Gasteiger partial charge is 0.496 e. The number of anilines is 3. The first-order valence-corrected chi connectivity index (χ1v) is 8.96. The lowest BCUT2D eigenvalue weighted by Crippen LogP contribution is -2.21. The number of aromatic nitrogens is 3. The van der Waals surface area contributed by atoms with Crippen molar-refractivity contribution in [2.45, 2.75) is 59.4 Å². The van der Waals surface area contributed by atoms with Crippen molar-refractivity contribution < 1.29 is 4.74 Å². The second-order valence-electron chi connectivity index (χ2n) is 6.26. The summed E-state index contributed by atoms with van der Waals surface area (Å²) < 4.78 is 5.30. The first-order chi connectivity index (χ1) is 12.0. The third-order valence-electron chi connectivity index (χ3n) is 4.01. The van der Waals surface area contributed by atoms with Crippen LogP contribution in [0.25, 0.3) is 0 Å². The topological polar surface area (TPSA) is 72.0 Å². The average Bonchev–Trinajstić information content (AvgIpc) is 2.55. The Bertz CT molecular complexity index is 684. The molecule has 136 valence electrons. The fraction of sp³-hybridized carbons (Fsp3) is 0.526. The van der Waals surface area contributed by atoms with Crippen LogP contribution in [0.4, 0.5) is 17.6 Å². The molecule has 2 aromatic rings. The third kappa shape index (κ3) is 5.59. The Morgan fingerprint density at radius 1 is 1.00 bits per heavy atom. The van der Waals surface area contributed by atoms with E-state index in [0.717, 1.165) is 42.7 Å². The van der Waals surface area contributed by atoms with Crippen LogP contribution < -0.4 is 15.4 Å². The first kappa shape index (κ1) is 19.0. The lowest BCUT2D eigenvalue weighted by molar-refractivity contribution is 0.412. The summed E-state index contributed by atoms with van der Waals surface area (Å²) in [6.07, 6.45) is 4.49. The van der Waals surface area contributed by atoms with Crippen molar-refractivity contribution in [2.24, 2.45) is 0 Å². The highest BCUT2D eigenvalue weighted by molar-refractivity contribution is 5.57. The molecule has 0 aliphatic carbocycles. The van der Waals surface area contributed by atoms with Crippen LogP contribution in [-0.4, -0.2) is 28.1 Å².